The number of nitrogens with zero attached hydrogens (tertiary/aromatic N) is 2. The molecule has 0 aromatic carbocycles. The van der Waals surface area contributed by atoms with Crippen LogP contribution < -0.4 is 5.73 Å². The van der Waals surface area contributed by atoms with E-state index in [1.54, 1.807) is 0 Å². The second kappa shape index (κ2) is 7.21. The van der Waals surface area contributed by atoms with Gasteiger partial charge in [0.05, 0.1) is 0 Å². The predicted octanol–water partition coefficient (Wildman–Crippen LogP) is 0.632. The molecule has 0 aliphatic carbocycles. The van der Waals surface area contributed by atoms with Crippen LogP contribution in [0.1, 0.15) is 34.1 Å². The van der Waals surface area contributed by atoms with Gasteiger partial charge in [-0.15, -0.1) is 0 Å². The van der Waals surface area contributed by atoms with Crippen LogP contribution in [0, 0.1) is 0 Å². The highest BCUT2D eigenvalue weighted by Gasteiger charge is 2.28. The van der Waals surface area contributed by atoms with Crippen LogP contribution in [0.2, 0.25) is 0 Å². The quantitative estimate of drug-likeness (QED) is 0.688. The van der Waals surface area contributed by atoms with Crippen molar-refractivity contribution in [2.24, 2.45) is 5.73 Å². The van der Waals surface area contributed by atoms with Crippen LogP contribution in [0.15, 0.2) is 0 Å². The summed E-state index contributed by atoms with van der Waals surface area (Å²) in [5, 5.41) is 0. The van der Waals surface area contributed by atoms with Crippen molar-refractivity contribution in [3.8, 4) is 0 Å². The summed E-state index contributed by atoms with van der Waals surface area (Å²) in [6.07, 6.45) is 0.693. The normalized spacial score (nSPS) is 13.0. The van der Waals surface area contributed by atoms with E-state index < -0.39 is 10.2 Å². The molecule has 0 spiro atoms. The maximum absolute atomic E-state index is 12.3. The van der Waals surface area contributed by atoms with Gasteiger partial charge in [0.2, 0.25) is 0 Å². The van der Waals surface area contributed by atoms with Gasteiger partial charge in [0.25, 0.3) is 10.2 Å². The van der Waals surface area contributed by atoms with Crippen LogP contribution in [0.5, 0.6) is 0 Å². The lowest BCUT2D eigenvalue weighted by Gasteiger charge is -2.31. The van der Waals surface area contributed by atoms with Gasteiger partial charge in [-0.3, -0.25) is 0 Å². The minimum Gasteiger partial charge on any atom is -0.330 e. The summed E-state index contributed by atoms with van der Waals surface area (Å²) in [6, 6.07) is -0.0304. The third-order valence-electron chi connectivity index (χ3n) is 2.49. The largest absolute Gasteiger partial charge is 0.330 e. The van der Waals surface area contributed by atoms with E-state index in [0.717, 1.165) is 0 Å². The first-order chi connectivity index (χ1) is 7.41. The van der Waals surface area contributed by atoms with E-state index in [9.17, 15) is 8.42 Å². The van der Waals surface area contributed by atoms with Crippen LogP contribution in [0.3, 0.4) is 0 Å². The van der Waals surface area contributed by atoms with Crippen LogP contribution in [-0.4, -0.2) is 49.2 Å². The SMILES string of the molecule is CCN(CC)S(=O)(=O)N(CCCN)C(C)C. The first-order valence-electron chi connectivity index (χ1n) is 5.88. The number of hydrogen-bond acceptors (Lipinski definition) is 3. The van der Waals surface area contributed by atoms with Crippen molar-refractivity contribution in [2.75, 3.05) is 26.2 Å². The van der Waals surface area contributed by atoms with Gasteiger partial charge >= 0.3 is 0 Å². The first kappa shape index (κ1) is 15.8. The number of nitrogens with two attached hydrogens (primary N) is 1. The third-order valence-corrected chi connectivity index (χ3v) is 4.85. The molecule has 0 unspecified atom stereocenters. The molecule has 0 atom stereocenters. The minimum absolute atomic E-state index is 0.0304. The van der Waals surface area contributed by atoms with Crippen LogP contribution in [0.4, 0.5) is 0 Å². The molecule has 0 aliphatic heterocycles. The van der Waals surface area contributed by atoms with E-state index >= 15 is 0 Å². The Labute approximate surface area is 99.8 Å². The molecule has 2 N–H and O–H groups in total. The van der Waals surface area contributed by atoms with Crippen molar-refractivity contribution < 1.29 is 8.42 Å². The Balaban J connectivity index is 4.88. The van der Waals surface area contributed by atoms with E-state index in [1.165, 1.54) is 8.61 Å². The van der Waals surface area contributed by atoms with Crippen molar-refractivity contribution in [2.45, 2.75) is 40.2 Å². The highest BCUT2D eigenvalue weighted by atomic mass is 32.2. The lowest BCUT2D eigenvalue weighted by Crippen LogP contribution is -2.47. The van der Waals surface area contributed by atoms with Gasteiger partial charge in [0.1, 0.15) is 0 Å². The third kappa shape index (κ3) is 4.01. The average Bonchev–Trinajstić information content (AvgIpc) is 2.18. The van der Waals surface area contributed by atoms with Gasteiger partial charge in [0, 0.05) is 25.7 Å². The maximum atomic E-state index is 12.3. The zero-order chi connectivity index (χ0) is 12.8. The van der Waals surface area contributed by atoms with Gasteiger partial charge in [-0.05, 0) is 26.8 Å². The molecule has 16 heavy (non-hydrogen) atoms. The lowest BCUT2D eigenvalue weighted by atomic mass is 10.3. The highest BCUT2D eigenvalue weighted by molar-refractivity contribution is 7.86. The van der Waals surface area contributed by atoms with Gasteiger partial charge in [-0.1, -0.05) is 13.8 Å². The van der Waals surface area contributed by atoms with Crippen molar-refractivity contribution in [3.63, 3.8) is 0 Å². The van der Waals surface area contributed by atoms with Crippen LogP contribution in [0.25, 0.3) is 0 Å². The lowest BCUT2D eigenvalue weighted by molar-refractivity contribution is 0.309. The van der Waals surface area contributed by atoms with E-state index in [1.807, 2.05) is 27.7 Å². The Morgan fingerprint density at radius 1 is 1.19 bits per heavy atom. The molecule has 0 rings (SSSR count). The molecule has 6 heteroatoms. The molecule has 0 amide bonds. The molecule has 0 aromatic rings. The molecule has 0 bridgehead atoms. The minimum atomic E-state index is -3.32. The predicted molar refractivity (Wildman–Crippen MR) is 67.4 cm³/mol. The van der Waals surface area contributed by atoms with E-state index in [-0.39, 0.29) is 6.04 Å². The second-order valence-corrected chi connectivity index (χ2v) is 5.82. The Hall–Kier alpha value is -0.170. The van der Waals surface area contributed by atoms with Gasteiger partial charge in [0.15, 0.2) is 0 Å². The monoisotopic (exact) mass is 251 g/mol. The molecule has 5 nitrogen and oxygen atoms in total. The Morgan fingerprint density at radius 2 is 1.69 bits per heavy atom. The molecule has 0 fully saturated rings. The topological polar surface area (TPSA) is 66.6 Å². The molecule has 0 heterocycles. The molecule has 0 saturated heterocycles. The first-order valence-corrected chi connectivity index (χ1v) is 7.28. The summed E-state index contributed by atoms with van der Waals surface area (Å²) in [5.41, 5.74) is 5.43. The molecule has 0 radical (unpaired) electrons. The standard InChI is InChI=1S/C10H25N3O2S/c1-5-12(6-2)16(14,15)13(10(3)4)9-7-8-11/h10H,5-9,11H2,1-4H3. The fraction of sp³-hybridized carbons (Fsp3) is 1.00. The summed E-state index contributed by atoms with van der Waals surface area (Å²) in [7, 11) is -3.32. The van der Waals surface area contributed by atoms with Crippen molar-refractivity contribution in [3.05, 3.63) is 0 Å². The van der Waals surface area contributed by atoms with Crippen molar-refractivity contribution in [1.29, 1.82) is 0 Å². The van der Waals surface area contributed by atoms with E-state index in [0.29, 0.717) is 32.6 Å². The van der Waals surface area contributed by atoms with Gasteiger partial charge in [-0.25, -0.2) is 0 Å². The zero-order valence-electron chi connectivity index (χ0n) is 10.8. The van der Waals surface area contributed by atoms with Crippen molar-refractivity contribution in [1.82, 2.24) is 8.61 Å². The summed E-state index contributed by atoms with van der Waals surface area (Å²) >= 11 is 0. The molecule has 98 valence electrons. The average molecular weight is 251 g/mol. The van der Waals surface area contributed by atoms with E-state index in [4.69, 9.17) is 5.73 Å². The number of hydrogen-bond donors (Lipinski definition) is 1. The van der Waals surface area contributed by atoms with Crippen LogP contribution in [-0.2, 0) is 10.2 Å². The summed E-state index contributed by atoms with van der Waals surface area (Å²) in [6.45, 7) is 9.49. The molecular weight excluding hydrogens is 226 g/mol. The Kier molecular flexibility index (Phi) is 7.14. The summed E-state index contributed by atoms with van der Waals surface area (Å²) in [4.78, 5) is 0. The zero-order valence-corrected chi connectivity index (χ0v) is 11.6. The molecule has 0 saturated carbocycles. The molecule has 0 aromatic heterocycles. The number of rotatable bonds is 8. The fourth-order valence-corrected chi connectivity index (χ4v) is 3.43. The summed E-state index contributed by atoms with van der Waals surface area (Å²) in [5.74, 6) is 0. The Morgan fingerprint density at radius 3 is 2.00 bits per heavy atom. The molecular formula is C10H25N3O2S. The fourth-order valence-electron chi connectivity index (χ4n) is 1.59. The highest BCUT2D eigenvalue weighted by Crippen LogP contribution is 2.12. The van der Waals surface area contributed by atoms with Gasteiger partial charge < -0.3 is 5.73 Å². The maximum Gasteiger partial charge on any atom is 0.282 e. The molecule has 0 aliphatic rings. The van der Waals surface area contributed by atoms with E-state index in [2.05, 4.69) is 0 Å². The van der Waals surface area contributed by atoms with Gasteiger partial charge in [-0.2, -0.15) is 17.0 Å². The smallest absolute Gasteiger partial charge is 0.282 e. The summed E-state index contributed by atoms with van der Waals surface area (Å²) < 4.78 is 27.5. The van der Waals surface area contributed by atoms with Crippen LogP contribution >= 0.6 is 0 Å². The second-order valence-electron chi connectivity index (χ2n) is 3.94. The van der Waals surface area contributed by atoms with Crippen molar-refractivity contribution >= 4 is 10.2 Å². The Bertz CT molecular complexity index is 274.